The van der Waals surface area contributed by atoms with E-state index in [4.69, 9.17) is 0 Å². The zero-order valence-electron chi connectivity index (χ0n) is 10.9. The van der Waals surface area contributed by atoms with Crippen molar-refractivity contribution in [2.24, 2.45) is 0 Å². The number of fused-ring (bicyclic) bond motifs is 1. The molecule has 0 fully saturated rings. The summed E-state index contributed by atoms with van der Waals surface area (Å²) in [6.45, 7) is 1.92. The largest absolute Gasteiger partial charge is 0.321 e. The number of rotatable bonds is 1. The Labute approximate surface area is 114 Å². The third-order valence-corrected chi connectivity index (χ3v) is 3.62. The van der Waals surface area contributed by atoms with Gasteiger partial charge in [-0.1, -0.05) is 18.2 Å². The Kier molecular flexibility index (Phi) is 3.12. The van der Waals surface area contributed by atoms with E-state index in [0.29, 0.717) is 6.07 Å². The molecule has 0 bridgehead atoms. The topological polar surface area (TPSA) is 16.1 Å². The molecule has 1 unspecified atom stereocenters. The number of nitrogens with zero attached hydrogens (tertiary/aromatic N) is 2. The first-order valence-corrected chi connectivity index (χ1v) is 6.46. The molecule has 1 aromatic heterocycles. The maximum atomic E-state index is 14.0. The van der Waals surface area contributed by atoms with Gasteiger partial charge in [-0.25, -0.2) is 8.78 Å². The Morgan fingerprint density at radius 1 is 1.15 bits per heavy atom. The highest BCUT2D eigenvalue weighted by atomic mass is 19.2. The predicted molar refractivity (Wildman–Crippen MR) is 70.5 cm³/mol. The van der Waals surface area contributed by atoms with Crippen LogP contribution in [0.2, 0.25) is 0 Å². The number of para-hydroxylation sites is 1. The summed E-state index contributed by atoms with van der Waals surface area (Å²) in [6, 6.07) is 8.04. The molecule has 0 saturated carbocycles. The van der Waals surface area contributed by atoms with Crippen molar-refractivity contribution < 1.29 is 13.2 Å². The van der Waals surface area contributed by atoms with E-state index in [2.05, 4.69) is 4.98 Å². The van der Waals surface area contributed by atoms with Crippen molar-refractivity contribution >= 4 is 11.5 Å². The molecular weight excluding hydrogens is 265 g/mol. The van der Waals surface area contributed by atoms with Gasteiger partial charge in [-0.3, -0.25) is 0 Å². The van der Waals surface area contributed by atoms with Crippen LogP contribution in [0.4, 0.5) is 24.7 Å². The lowest BCUT2D eigenvalue weighted by Crippen LogP contribution is -2.34. The van der Waals surface area contributed by atoms with Crippen LogP contribution in [0.25, 0.3) is 0 Å². The fourth-order valence-electron chi connectivity index (χ4n) is 2.62. The highest BCUT2D eigenvalue weighted by Crippen LogP contribution is 2.37. The van der Waals surface area contributed by atoms with Gasteiger partial charge in [-0.05, 0) is 31.4 Å². The third kappa shape index (κ3) is 2.03. The summed E-state index contributed by atoms with van der Waals surface area (Å²) in [4.78, 5) is 5.09. The molecule has 0 aliphatic carbocycles. The molecule has 5 heteroatoms. The van der Waals surface area contributed by atoms with Gasteiger partial charge in [0.2, 0.25) is 0 Å². The molecule has 0 amide bonds. The Bertz CT molecular complexity index is 658. The summed E-state index contributed by atoms with van der Waals surface area (Å²) in [5.74, 6) is -3.57. The summed E-state index contributed by atoms with van der Waals surface area (Å²) in [5.41, 5.74) is 1.85. The molecule has 2 aromatic rings. The lowest BCUT2D eigenvalue weighted by atomic mass is 9.96. The Morgan fingerprint density at radius 3 is 2.70 bits per heavy atom. The number of anilines is 2. The van der Waals surface area contributed by atoms with Crippen LogP contribution in [0, 0.1) is 17.6 Å². The maximum absolute atomic E-state index is 14.0. The molecule has 20 heavy (non-hydrogen) atoms. The zero-order valence-corrected chi connectivity index (χ0v) is 10.9. The Balaban J connectivity index is 2.16. The molecule has 0 saturated heterocycles. The molecule has 1 aliphatic rings. The van der Waals surface area contributed by atoms with Crippen molar-refractivity contribution in [3.05, 3.63) is 53.5 Å². The maximum Gasteiger partial charge on any atom is 0.251 e. The average Bonchev–Trinajstić information content (AvgIpc) is 2.43. The van der Waals surface area contributed by atoms with E-state index < -0.39 is 17.6 Å². The van der Waals surface area contributed by atoms with Crippen molar-refractivity contribution in [2.75, 3.05) is 4.90 Å². The van der Waals surface area contributed by atoms with Crippen LogP contribution in [0.15, 0.2) is 30.3 Å². The molecule has 2 heterocycles. The zero-order chi connectivity index (χ0) is 14.3. The van der Waals surface area contributed by atoms with Crippen LogP contribution in [0.1, 0.15) is 18.9 Å². The van der Waals surface area contributed by atoms with Crippen molar-refractivity contribution in [2.45, 2.75) is 25.8 Å². The normalized spacial score (nSPS) is 18.0. The summed E-state index contributed by atoms with van der Waals surface area (Å²) < 4.78 is 40.3. The van der Waals surface area contributed by atoms with Gasteiger partial charge in [0.25, 0.3) is 5.95 Å². The Hall–Kier alpha value is -2.04. The van der Waals surface area contributed by atoms with Gasteiger partial charge in [0.1, 0.15) is 0 Å². The van der Waals surface area contributed by atoms with E-state index in [-0.39, 0.29) is 11.9 Å². The molecule has 0 spiro atoms. The van der Waals surface area contributed by atoms with Gasteiger partial charge in [0, 0.05) is 17.8 Å². The van der Waals surface area contributed by atoms with Crippen LogP contribution >= 0.6 is 0 Å². The SMILES string of the molecule is CC1CCc2ccccc2N1c1nc(F)c(F)cc1F. The van der Waals surface area contributed by atoms with Crippen LogP contribution in [0.3, 0.4) is 0 Å². The number of pyridine rings is 1. The fraction of sp³-hybridized carbons (Fsp3) is 0.267. The molecule has 104 valence electrons. The monoisotopic (exact) mass is 278 g/mol. The number of aromatic nitrogens is 1. The van der Waals surface area contributed by atoms with E-state index in [1.807, 2.05) is 31.2 Å². The summed E-state index contributed by atoms with van der Waals surface area (Å²) in [6.07, 6.45) is 1.68. The molecule has 2 nitrogen and oxygen atoms in total. The molecule has 0 radical (unpaired) electrons. The van der Waals surface area contributed by atoms with Gasteiger partial charge in [-0.2, -0.15) is 9.37 Å². The standard InChI is InChI=1S/C15H13F3N2/c1-9-6-7-10-4-2-3-5-13(10)20(9)15-12(17)8-11(16)14(18)19-15/h2-5,8-9H,6-7H2,1H3. The molecule has 1 aromatic carbocycles. The molecule has 1 atom stereocenters. The smallest absolute Gasteiger partial charge is 0.251 e. The second-order valence-electron chi connectivity index (χ2n) is 4.95. The van der Waals surface area contributed by atoms with Crippen LogP contribution in [-0.4, -0.2) is 11.0 Å². The molecular formula is C15H13F3N2. The van der Waals surface area contributed by atoms with Crippen molar-refractivity contribution in [3.63, 3.8) is 0 Å². The van der Waals surface area contributed by atoms with Crippen LogP contribution < -0.4 is 4.90 Å². The first-order valence-electron chi connectivity index (χ1n) is 6.46. The summed E-state index contributed by atoms with van der Waals surface area (Å²) in [5, 5.41) is 0. The quantitative estimate of drug-likeness (QED) is 0.734. The van der Waals surface area contributed by atoms with E-state index in [1.54, 1.807) is 4.90 Å². The van der Waals surface area contributed by atoms with Crippen molar-refractivity contribution in [1.29, 1.82) is 0 Å². The summed E-state index contributed by atoms with van der Waals surface area (Å²) in [7, 11) is 0. The number of halogens is 3. The second-order valence-corrected chi connectivity index (χ2v) is 4.95. The van der Waals surface area contributed by atoms with Gasteiger partial charge in [0.05, 0.1) is 0 Å². The molecule has 1 aliphatic heterocycles. The van der Waals surface area contributed by atoms with Gasteiger partial charge >= 0.3 is 0 Å². The van der Waals surface area contributed by atoms with Crippen LogP contribution in [-0.2, 0) is 6.42 Å². The van der Waals surface area contributed by atoms with Crippen LogP contribution in [0.5, 0.6) is 0 Å². The number of hydrogen-bond acceptors (Lipinski definition) is 2. The molecule has 3 rings (SSSR count). The first-order chi connectivity index (χ1) is 9.58. The van der Waals surface area contributed by atoms with Gasteiger partial charge in [0.15, 0.2) is 17.5 Å². The average molecular weight is 278 g/mol. The van der Waals surface area contributed by atoms with E-state index in [0.717, 1.165) is 24.1 Å². The van der Waals surface area contributed by atoms with Crippen molar-refractivity contribution in [3.8, 4) is 0 Å². The van der Waals surface area contributed by atoms with E-state index >= 15 is 0 Å². The summed E-state index contributed by atoms with van der Waals surface area (Å²) >= 11 is 0. The fourth-order valence-corrected chi connectivity index (χ4v) is 2.62. The third-order valence-electron chi connectivity index (χ3n) is 3.62. The minimum absolute atomic E-state index is 0.0308. The minimum atomic E-state index is -1.28. The molecule has 0 N–H and O–H groups in total. The second kappa shape index (κ2) is 4.81. The number of hydrogen-bond donors (Lipinski definition) is 0. The van der Waals surface area contributed by atoms with Gasteiger partial charge in [-0.15, -0.1) is 0 Å². The highest BCUT2D eigenvalue weighted by Gasteiger charge is 2.28. The van der Waals surface area contributed by atoms with Crippen molar-refractivity contribution in [1.82, 2.24) is 4.98 Å². The number of benzene rings is 1. The lowest BCUT2D eigenvalue weighted by Gasteiger charge is -2.36. The minimum Gasteiger partial charge on any atom is -0.321 e. The van der Waals surface area contributed by atoms with Gasteiger partial charge < -0.3 is 4.90 Å². The number of aryl methyl sites for hydroxylation is 1. The predicted octanol–water partition coefficient (Wildman–Crippen LogP) is 3.97. The lowest BCUT2D eigenvalue weighted by molar-refractivity contribution is 0.461. The van der Waals surface area contributed by atoms with E-state index in [1.165, 1.54) is 0 Å². The first kappa shape index (κ1) is 13.0. The highest BCUT2D eigenvalue weighted by molar-refractivity contribution is 5.66. The van der Waals surface area contributed by atoms with E-state index in [9.17, 15) is 13.2 Å². The Morgan fingerprint density at radius 2 is 1.90 bits per heavy atom.